The van der Waals surface area contributed by atoms with E-state index < -0.39 is 5.97 Å². The summed E-state index contributed by atoms with van der Waals surface area (Å²) >= 11 is 6.01. The number of anilines is 1. The molecule has 20 heavy (non-hydrogen) atoms. The molecule has 0 fully saturated rings. The van der Waals surface area contributed by atoms with Crippen molar-refractivity contribution in [3.8, 4) is 0 Å². The lowest BCUT2D eigenvalue weighted by molar-refractivity contribution is 0.0691. The van der Waals surface area contributed by atoms with Gasteiger partial charge in [-0.05, 0) is 31.0 Å². The van der Waals surface area contributed by atoms with Crippen LogP contribution >= 0.6 is 11.6 Å². The zero-order chi connectivity index (χ0) is 14.8. The molecule has 2 N–H and O–H groups in total. The molecule has 0 aliphatic heterocycles. The number of hydrogen-bond acceptors (Lipinski definition) is 4. The molecule has 112 valence electrons. The summed E-state index contributed by atoms with van der Waals surface area (Å²) in [6.45, 7) is 2.70. The summed E-state index contributed by atoms with van der Waals surface area (Å²) in [5.41, 5.74) is 0.934. The maximum absolute atomic E-state index is 10.8. The molecule has 0 radical (unpaired) electrons. The first-order chi connectivity index (χ1) is 9.65. The van der Waals surface area contributed by atoms with Gasteiger partial charge in [-0.1, -0.05) is 11.6 Å². The van der Waals surface area contributed by atoms with E-state index in [1.54, 1.807) is 13.2 Å². The Hall–Kier alpha value is -1.30. The van der Waals surface area contributed by atoms with Crippen LogP contribution in [0.4, 0.5) is 5.69 Å². The van der Waals surface area contributed by atoms with Crippen molar-refractivity contribution in [3.63, 3.8) is 0 Å². The van der Waals surface area contributed by atoms with E-state index in [1.807, 2.05) is 0 Å². The number of benzene rings is 1. The molecule has 0 aliphatic carbocycles. The van der Waals surface area contributed by atoms with E-state index in [-0.39, 0.29) is 5.56 Å². The number of carboxylic acids is 1. The minimum absolute atomic E-state index is 0.187. The molecule has 0 aliphatic rings. The zero-order valence-corrected chi connectivity index (χ0v) is 12.3. The van der Waals surface area contributed by atoms with E-state index in [4.69, 9.17) is 26.2 Å². The molecular formula is C14H20ClNO4. The fourth-order valence-corrected chi connectivity index (χ4v) is 1.84. The third kappa shape index (κ3) is 6.23. The lowest BCUT2D eigenvalue weighted by Crippen LogP contribution is -2.06. The van der Waals surface area contributed by atoms with E-state index in [9.17, 15) is 4.79 Å². The summed E-state index contributed by atoms with van der Waals surface area (Å²) in [5, 5.41) is 12.4. The first-order valence-corrected chi connectivity index (χ1v) is 6.86. The fraction of sp³-hybridized carbons (Fsp3) is 0.500. The van der Waals surface area contributed by atoms with Crippen LogP contribution in [-0.2, 0) is 9.47 Å². The molecule has 1 aromatic carbocycles. The summed E-state index contributed by atoms with van der Waals surface area (Å²) in [5.74, 6) is -0.980. The van der Waals surface area contributed by atoms with Crippen LogP contribution < -0.4 is 5.32 Å². The second kappa shape index (κ2) is 9.58. The largest absolute Gasteiger partial charge is 0.478 e. The van der Waals surface area contributed by atoms with Gasteiger partial charge < -0.3 is 19.9 Å². The molecule has 6 heteroatoms. The zero-order valence-electron chi connectivity index (χ0n) is 11.5. The highest BCUT2D eigenvalue weighted by atomic mass is 35.5. The topological polar surface area (TPSA) is 67.8 Å². The highest BCUT2D eigenvalue weighted by Crippen LogP contribution is 2.23. The number of carbonyl (C=O) groups is 1. The molecule has 5 nitrogen and oxygen atoms in total. The van der Waals surface area contributed by atoms with E-state index >= 15 is 0 Å². The Morgan fingerprint density at radius 2 is 2.10 bits per heavy atom. The first kappa shape index (κ1) is 16.8. The maximum Gasteiger partial charge on any atom is 0.335 e. The molecule has 0 atom stereocenters. The van der Waals surface area contributed by atoms with Crippen molar-refractivity contribution in [2.45, 2.75) is 12.8 Å². The predicted octanol–water partition coefficient (Wildman–Crippen LogP) is 2.89. The standard InChI is InChI=1S/C14H20ClNO4/c1-19-8-9-20-7-3-2-6-16-13-5-4-11(14(17)18)10-12(13)15/h4-5,10,16H,2-3,6-9H2,1H3,(H,17,18). The van der Waals surface area contributed by atoms with Crippen molar-refractivity contribution < 1.29 is 19.4 Å². The average Bonchev–Trinajstić information content (AvgIpc) is 2.43. The van der Waals surface area contributed by atoms with E-state index in [0.717, 1.165) is 25.1 Å². The van der Waals surface area contributed by atoms with Crippen LogP contribution in [0.25, 0.3) is 0 Å². The third-order valence-electron chi connectivity index (χ3n) is 2.68. The van der Waals surface area contributed by atoms with Crippen molar-refractivity contribution in [2.24, 2.45) is 0 Å². The van der Waals surface area contributed by atoms with Gasteiger partial charge in [-0.2, -0.15) is 0 Å². The van der Waals surface area contributed by atoms with Crippen molar-refractivity contribution in [1.82, 2.24) is 0 Å². The van der Waals surface area contributed by atoms with E-state index in [2.05, 4.69) is 5.32 Å². The number of aromatic carboxylic acids is 1. The summed E-state index contributed by atoms with van der Waals surface area (Å²) in [4.78, 5) is 10.8. The summed E-state index contributed by atoms with van der Waals surface area (Å²) in [6, 6.07) is 4.66. The van der Waals surface area contributed by atoms with Gasteiger partial charge in [0.2, 0.25) is 0 Å². The molecule has 0 amide bonds. The van der Waals surface area contributed by atoms with Crippen molar-refractivity contribution in [2.75, 3.05) is 38.8 Å². The Labute approximate surface area is 123 Å². The van der Waals surface area contributed by atoms with Crippen LogP contribution in [0.1, 0.15) is 23.2 Å². The monoisotopic (exact) mass is 301 g/mol. The smallest absolute Gasteiger partial charge is 0.335 e. The number of rotatable bonds is 10. The second-order valence-corrected chi connectivity index (χ2v) is 4.65. The van der Waals surface area contributed by atoms with Crippen molar-refractivity contribution in [3.05, 3.63) is 28.8 Å². The average molecular weight is 302 g/mol. The molecule has 1 rings (SSSR count). The fourth-order valence-electron chi connectivity index (χ4n) is 1.59. The number of halogens is 1. The quantitative estimate of drug-likeness (QED) is 0.650. The molecule has 0 saturated carbocycles. The SMILES string of the molecule is COCCOCCCCNc1ccc(C(=O)O)cc1Cl. The molecule has 1 aromatic rings. The van der Waals surface area contributed by atoms with Gasteiger partial charge in [-0.25, -0.2) is 4.79 Å². The lowest BCUT2D eigenvalue weighted by atomic mass is 10.2. The molecule has 0 heterocycles. The Kier molecular flexibility index (Phi) is 8.02. The Balaban J connectivity index is 2.20. The van der Waals surface area contributed by atoms with Gasteiger partial charge in [0.25, 0.3) is 0 Å². The molecule has 0 spiro atoms. The number of nitrogens with one attached hydrogen (secondary N) is 1. The van der Waals surface area contributed by atoms with Gasteiger partial charge in [0.1, 0.15) is 0 Å². The summed E-state index contributed by atoms with van der Waals surface area (Å²) in [7, 11) is 1.65. The maximum atomic E-state index is 10.8. The highest BCUT2D eigenvalue weighted by molar-refractivity contribution is 6.33. The van der Waals surface area contributed by atoms with Crippen LogP contribution in [0.5, 0.6) is 0 Å². The Bertz CT molecular complexity index is 426. The van der Waals surface area contributed by atoms with Crippen LogP contribution in [-0.4, -0.2) is 44.6 Å². The van der Waals surface area contributed by atoms with Crippen molar-refractivity contribution >= 4 is 23.3 Å². The molecule has 0 bridgehead atoms. The minimum Gasteiger partial charge on any atom is -0.478 e. The Morgan fingerprint density at radius 1 is 1.30 bits per heavy atom. The summed E-state index contributed by atoms with van der Waals surface area (Å²) < 4.78 is 10.2. The summed E-state index contributed by atoms with van der Waals surface area (Å²) in [6.07, 6.45) is 1.89. The number of carboxylic acid groups (broad SMARTS) is 1. The lowest BCUT2D eigenvalue weighted by Gasteiger charge is -2.09. The highest BCUT2D eigenvalue weighted by Gasteiger charge is 2.06. The minimum atomic E-state index is -0.980. The van der Waals surface area contributed by atoms with Gasteiger partial charge in [0, 0.05) is 20.3 Å². The second-order valence-electron chi connectivity index (χ2n) is 4.24. The van der Waals surface area contributed by atoms with E-state index in [0.29, 0.717) is 24.8 Å². The van der Waals surface area contributed by atoms with E-state index in [1.165, 1.54) is 12.1 Å². The number of methoxy groups -OCH3 is 1. The predicted molar refractivity (Wildman–Crippen MR) is 78.8 cm³/mol. The number of hydrogen-bond donors (Lipinski definition) is 2. The van der Waals surface area contributed by atoms with Gasteiger partial charge in [-0.3, -0.25) is 0 Å². The van der Waals surface area contributed by atoms with Crippen LogP contribution in [0.15, 0.2) is 18.2 Å². The van der Waals surface area contributed by atoms with Crippen molar-refractivity contribution in [1.29, 1.82) is 0 Å². The van der Waals surface area contributed by atoms with Crippen LogP contribution in [0, 0.1) is 0 Å². The number of unbranched alkanes of at least 4 members (excludes halogenated alkanes) is 1. The first-order valence-electron chi connectivity index (χ1n) is 6.48. The van der Waals surface area contributed by atoms with Gasteiger partial charge in [-0.15, -0.1) is 0 Å². The normalized spacial score (nSPS) is 10.5. The molecular weight excluding hydrogens is 282 g/mol. The molecule has 0 aromatic heterocycles. The van der Waals surface area contributed by atoms with Crippen LogP contribution in [0.3, 0.4) is 0 Å². The number of ether oxygens (including phenoxy) is 2. The van der Waals surface area contributed by atoms with Crippen LogP contribution in [0.2, 0.25) is 5.02 Å². The van der Waals surface area contributed by atoms with Gasteiger partial charge >= 0.3 is 5.97 Å². The molecule has 0 saturated heterocycles. The molecule has 0 unspecified atom stereocenters. The Morgan fingerprint density at radius 3 is 2.75 bits per heavy atom. The van der Waals surface area contributed by atoms with Gasteiger partial charge in [0.15, 0.2) is 0 Å². The third-order valence-corrected chi connectivity index (χ3v) is 2.99. The van der Waals surface area contributed by atoms with Gasteiger partial charge in [0.05, 0.1) is 29.5 Å².